The molecule has 3 N–H and O–H groups in total. The number of carbonyl (C=O) groups is 3. The standard InChI is InChI=1S/C29H28N2O7.C16H15F6N5O/c1-20-26(30-28(37-20)22-6-4-3-5-7-22)16-17-36-24-10-8-21(9-11-24)18-31(19-27(32)33)29(34)38-25-14-12-23(35-2)13-15-25;17-10-6-12(19)11(18)4-8(10)3-9(23)5-14(28)26-1-2-27-13(7-26)24-25-15(27)16(20,21)22/h3-15H,16-19H2,1-2H3,(H,32,33);4,6,9H,1-3,5,7,23H2/t;9-/m.1/s1. The average Bonchev–Trinajstić information content (AvgIpc) is 3.90. The zero-order chi connectivity index (χ0) is 47.5. The number of carbonyl (C=O) groups excluding carboxylic acids is 2. The fourth-order valence-electron chi connectivity index (χ4n) is 6.71. The number of alkyl halides is 3. The fraction of sp³-hybridized carbons (Fsp3) is 0.289. The lowest BCUT2D eigenvalue weighted by Crippen LogP contribution is -2.42. The molecule has 0 unspecified atom stereocenters. The molecule has 0 aliphatic carbocycles. The van der Waals surface area contributed by atoms with E-state index in [0.717, 1.165) is 32.0 Å². The van der Waals surface area contributed by atoms with Gasteiger partial charge >= 0.3 is 18.2 Å². The summed E-state index contributed by atoms with van der Waals surface area (Å²) in [6.07, 6.45) is -5.30. The van der Waals surface area contributed by atoms with Crippen molar-refractivity contribution in [3.05, 3.63) is 143 Å². The summed E-state index contributed by atoms with van der Waals surface area (Å²) in [7, 11) is 1.53. The number of fused-ring (bicyclic) bond motifs is 1. The molecule has 348 valence electrons. The summed E-state index contributed by atoms with van der Waals surface area (Å²) in [4.78, 5) is 43.3. The zero-order valence-corrected chi connectivity index (χ0v) is 35.4. The highest BCUT2D eigenvalue weighted by Crippen LogP contribution is 2.30. The number of nitrogens with two attached hydrogens (primary N) is 1. The van der Waals surface area contributed by atoms with E-state index in [-0.39, 0.29) is 56.2 Å². The van der Waals surface area contributed by atoms with E-state index >= 15 is 0 Å². The Labute approximate surface area is 373 Å². The average molecular weight is 924 g/mol. The van der Waals surface area contributed by atoms with Gasteiger partial charge in [0.2, 0.25) is 17.6 Å². The third kappa shape index (κ3) is 12.9. The number of oxazole rings is 1. The van der Waals surface area contributed by atoms with Crippen LogP contribution in [-0.4, -0.2) is 85.5 Å². The monoisotopic (exact) mass is 923 g/mol. The Morgan fingerprint density at radius 2 is 1.56 bits per heavy atom. The van der Waals surface area contributed by atoms with Crippen LogP contribution in [0.5, 0.6) is 17.2 Å². The topological polar surface area (TPSA) is 188 Å². The molecule has 2 aromatic heterocycles. The molecule has 21 heteroatoms. The van der Waals surface area contributed by atoms with Gasteiger partial charge in [-0.2, -0.15) is 13.2 Å². The van der Waals surface area contributed by atoms with Crippen molar-refractivity contribution in [2.45, 2.75) is 58.0 Å². The number of carboxylic acid groups (broad SMARTS) is 1. The summed E-state index contributed by atoms with van der Waals surface area (Å²) < 4.78 is 101. The van der Waals surface area contributed by atoms with Crippen molar-refractivity contribution in [1.29, 1.82) is 0 Å². The van der Waals surface area contributed by atoms with Crippen LogP contribution in [-0.2, 0) is 48.2 Å². The smallest absolute Gasteiger partial charge is 0.451 e. The summed E-state index contributed by atoms with van der Waals surface area (Å²) in [6.45, 7) is 1.53. The van der Waals surface area contributed by atoms with E-state index in [4.69, 9.17) is 24.4 Å². The highest BCUT2D eigenvalue weighted by Gasteiger charge is 2.40. The van der Waals surface area contributed by atoms with Crippen LogP contribution in [0.15, 0.2) is 95.4 Å². The molecule has 2 amide bonds. The van der Waals surface area contributed by atoms with Crippen molar-refractivity contribution in [2.24, 2.45) is 5.73 Å². The Kier molecular flexibility index (Phi) is 15.7. The number of nitrogens with zero attached hydrogens (tertiary/aromatic N) is 6. The highest BCUT2D eigenvalue weighted by molar-refractivity contribution is 5.78. The Morgan fingerprint density at radius 3 is 2.23 bits per heavy atom. The molecular weight excluding hydrogens is 881 g/mol. The van der Waals surface area contributed by atoms with Crippen molar-refractivity contribution < 1.29 is 64.5 Å². The molecule has 3 heterocycles. The maximum Gasteiger partial charge on any atom is 0.451 e. The first kappa shape index (κ1) is 48.0. The number of carboxylic acids is 1. The van der Waals surface area contributed by atoms with Gasteiger partial charge in [-0.1, -0.05) is 30.3 Å². The summed E-state index contributed by atoms with van der Waals surface area (Å²) in [5, 5.41) is 15.9. The van der Waals surface area contributed by atoms with Crippen LogP contribution in [0.2, 0.25) is 0 Å². The molecule has 0 spiro atoms. The number of halogens is 6. The normalized spacial score (nSPS) is 12.7. The number of aliphatic carboxylic acids is 1. The van der Waals surface area contributed by atoms with Crippen LogP contribution >= 0.6 is 0 Å². The Hall–Kier alpha value is -7.42. The molecule has 6 aromatic rings. The van der Waals surface area contributed by atoms with E-state index in [9.17, 15) is 45.8 Å². The van der Waals surface area contributed by atoms with Gasteiger partial charge in [0.1, 0.15) is 35.4 Å². The van der Waals surface area contributed by atoms with Crippen LogP contribution < -0.4 is 19.9 Å². The van der Waals surface area contributed by atoms with Crippen LogP contribution in [0, 0.1) is 24.4 Å². The van der Waals surface area contributed by atoms with Gasteiger partial charge in [0.15, 0.2) is 17.5 Å². The van der Waals surface area contributed by atoms with Crippen LogP contribution in [0.25, 0.3) is 11.5 Å². The lowest BCUT2D eigenvalue weighted by atomic mass is 10.0. The number of amides is 2. The molecule has 4 aromatic carbocycles. The Balaban J connectivity index is 0.000000229. The SMILES string of the molecule is COc1ccc(OC(=O)N(CC(=O)O)Cc2ccc(OCCc3nc(-c4ccccc4)oc3C)cc2)cc1.N[C@@H](CC(=O)N1CCn2c(nnc2C(F)(F)F)C1)Cc1cc(F)c(F)cc1F. The van der Waals surface area contributed by atoms with Crippen LogP contribution in [0.3, 0.4) is 0 Å². The number of hydrogen-bond acceptors (Lipinski definition) is 11. The summed E-state index contributed by atoms with van der Waals surface area (Å²) >= 11 is 0. The van der Waals surface area contributed by atoms with Gasteiger partial charge in [-0.15, -0.1) is 10.2 Å². The van der Waals surface area contributed by atoms with Gasteiger partial charge in [0.05, 0.1) is 26.0 Å². The molecule has 15 nitrogen and oxygen atoms in total. The van der Waals surface area contributed by atoms with Crippen molar-refractivity contribution in [2.75, 3.05) is 26.8 Å². The minimum absolute atomic E-state index is 0.000783. The number of aryl methyl sites for hydroxylation is 1. The molecule has 1 atom stereocenters. The summed E-state index contributed by atoms with van der Waals surface area (Å²) in [6, 6.07) is 23.4. The van der Waals surface area contributed by atoms with E-state index < -0.39 is 60.0 Å². The van der Waals surface area contributed by atoms with E-state index in [0.29, 0.717) is 42.6 Å². The van der Waals surface area contributed by atoms with Gasteiger partial charge in [-0.3, -0.25) is 14.5 Å². The Bertz CT molecular complexity index is 2610. The number of benzene rings is 4. The molecule has 0 radical (unpaired) electrons. The van der Waals surface area contributed by atoms with Crippen molar-refractivity contribution >= 4 is 18.0 Å². The molecule has 0 saturated carbocycles. The van der Waals surface area contributed by atoms with Crippen LogP contribution in [0.4, 0.5) is 31.1 Å². The molecule has 66 heavy (non-hydrogen) atoms. The number of rotatable bonds is 15. The number of methoxy groups -OCH3 is 1. The first-order valence-corrected chi connectivity index (χ1v) is 20.2. The maximum atomic E-state index is 13.7. The lowest BCUT2D eigenvalue weighted by Gasteiger charge is -2.29. The third-order valence-corrected chi connectivity index (χ3v) is 10.0. The van der Waals surface area contributed by atoms with Gasteiger partial charge < -0.3 is 38.9 Å². The molecule has 0 fully saturated rings. The van der Waals surface area contributed by atoms with Crippen molar-refractivity contribution in [3.63, 3.8) is 0 Å². The molecular formula is C45H43F6N7O8. The van der Waals surface area contributed by atoms with E-state index in [1.165, 1.54) is 12.0 Å². The van der Waals surface area contributed by atoms with Crippen molar-refractivity contribution in [3.8, 4) is 28.7 Å². The minimum Gasteiger partial charge on any atom is -0.497 e. The van der Waals surface area contributed by atoms with E-state index in [1.807, 2.05) is 37.3 Å². The van der Waals surface area contributed by atoms with Crippen LogP contribution in [0.1, 0.15) is 40.7 Å². The first-order chi connectivity index (χ1) is 31.5. The second-order valence-electron chi connectivity index (χ2n) is 14.9. The zero-order valence-electron chi connectivity index (χ0n) is 35.4. The van der Waals surface area contributed by atoms with Gasteiger partial charge in [-0.25, -0.2) is 22.9 Å². The summed E-state index contributed by atoms with van der Waals surface area (Å²) in [5.41, 5.74) is 8.12. The van der Waals surface area contributed by atoms with Crippen molar-refractivity contribution in [1.82, 2.24) is 29.5 Å². The first-order valence-electron chi connectivity index (χ1n) is 20.2. The molecule has 0 bridgehead atoms. The molecule has 1 aliphatic heterocycles. The molecule has 0 saturated heterocycles. The molecule has 1 aliphatic rings. The maximum absolute atomic E-state index is 13.7. The number of ether oxygens (including phenoxy) is 3. The van der Waals surface area contributed by atoms with Gasteiger partial charge in [-0.05, 0) is 79.1 Å². The van der Waals surface area contributed by atoms with Gasteiger partial charge in [0.25, 0.3) is 0 Å². The summed E-state index contributed by atoms with van der Waals surface area (Å²) in [5.74, 6) is -3.41. The third-order valence-electron chi connectivity index (χ3n) is 10.0. The Morgan fingerprint density at radius 1 is 0.894 bits per heavy atom. The predicted molar refractivity (Wildman–Crippen MR) is 222 cm³/mol. The largest absolute Gasteiger partial charge is 0.497 e. The number of aromatic nitrogens is 4. The van der Waals surface area contributed by atoms with Gasteiger partial charge in [0, 0.05) is 50.1 Å². The minimum atomic E-state index is -4.64. The lowest BCUT2D eigenvalue weighted by molar-refractivity contribution is -0.148. The second kappa shape index (κ2) is 21.5. The fourth-order valence-corrected chi connectivity index (χ4v) is 6.71. The predicted octanol–water partition coefficient (Wildman–Crippen LogP) is 7.38. The quantitative estimate of drug-likeness (QED) is 0.0770. The molecule has 7 rings (SSSR count). The van der Waals surface area contributed by atoms with E-state index in [1.54, 1.807) is 48.5 Å². The number of hydrogen-bond donors (Lipinski definition) is 2. The second-order valence-corrected chi connectivity index (χ2v) is 14.9. The highest BCUT2D eigenvalue weighted by atomic mass is 19.4. The van der Waals surface area contributed by atoms with E-state index in [2.05, 4.69) is 15.2 Å².